The van der Waals surface area contributed by atoms with Crippen LogP contribution in [-0.4, -0.2) is 85.4 Å². The molecule has 42 heavy (non-hydrogen) atoms. The van der Waals surface area contributed by atoms with Gasteiger partial charge in [0.05, 0.1) is 26.4 Å². The smallest absolute Gasteiger partial charge is 0.493 e. The van der Waals surface area contributed by atoms with Crippen molar-refractivity contribution in [1.29, 1.82) is 0 Å². The van der Waals surface area contributed by atoms with Crippen molar-refractivity contribution in [2.24, 2.45) is 11.8 Å². The highest BCUT2D eigenvalue weighted by Crippen LogP contribution is 2.32. The SMILES string of the molecule is O=C(C[C@@H]1CCN2C[C@@H]1CCCOc1ccccc1CN(Cc1cccc(OC(F)(F)F)c1)CC2=O)N1CCOCC1. The Hall–Kier alpha value is -3.31. The Kier molecular flexibility index (Phi) is 9.89. The zero-order valence-corrected chi connectivity index (χ0v) is 23.7. The molecule has 3 aliphatic rings. The normalized spacial score (nSPS) is 22.7. The fraction of sp³-hybridized carbons (Fsp3) is 0.548. The van der Waals surface area contributed by atoms with E-state index < -0.39 is 6.36 Å². The van der Waals surface area contributed by atoms with E-state index in [2.05, 4.69) is 4.74 Å². The van der Waals surface area contributed by atoms with Gasteiger partial charge in [-0.05, 0) is 54.9 Å². The van der Waals surface area contributed by atoms with Crippen LogP contribution in [0.25, 0.3) is 0 Å². The minimum absolute atomic E-state index is 0.0294. The maximum absolute atomic E-state index is 13.7. The molecular weight excluding hydrogens is 551 g/mol. The van der Waals surface area contributed by atoms with Crippen LogP contribution in [0.2, 0.25) is 0 Å². The molecular formula is C31H38F3N3O5. The average molecular weight is 590 g/mol. The van der Waals surface area contributed by atoms with E-state index in [1.165, 1.54) is 18.2 Å². The number of carbonyl (C=O) groups is 2. The van der Waals surface area contributed by atoms with Crippen LogP contribution in [0.4, 0.5) is 13.2 Å². The number of morpholine rings is 1. The zero-order chi connectivity index (χ0) is 29.5. The standard InChI is InChI=1S/C31H38F3N3O5/c32-31(33,34)42-27-8-3-5-23(17-27)19-35-20-26-6-1-2-9-28(26)41-14-4-7-25-21-37(30(39)22-35)11-10-24(25)18-29(38)36-12-15-40-16-13-36/h1-3,5-6,8-9,17,24-25H,4,7,10-16,18-22H2/t24-,25-/m0/s1. The number of fused-ring (bicyclic) bond motifs is 3. The molecule has 11 heteroatoms. The first-order valence-electron chi connectivity index (χ1n) is 14.6. The lowest BCUT2D eigenvalue weighted by molar-refractivity contribution is -0.274. The Morgan fingerprint density at radius 3 is 2.60 bits per heavy atom. The second-order valence-corrected chi connectivity index (χ2v) is 11.3. The number of rotatable bonds is 5. The quantitative estimate of drug-likeness (QED) is 0.513. The Bertz CT molecular complexity index is 1220. The van der Waals surface area contributed by atoms with Crippen LogP contribution < -0.4 is 9.47 Å². The van der Waals surface area contributed by atoms with Gasteiger partial charge in [0.15, 0.2) is 0 Å². The van der Waals surface area contributed by atoms with Crippen LogP contribution in [-0.2, 0) is 27.4 Å². The van der Waals surface area contributed by atoms with Gasteiger partial charge in [-0.15, -0.1) is 13.2 Å². The van der Waals surface area contributed by atoms with Crippen LogP contribution in [0.15, 0.2) is 48.5 Å². The molecule has 0 aromatic heterocycles. The molecule has 228 valence electrons. The lowest BCUT2D eigenvalue weighted by Gasteiger charge is -2.40. The molecule has 3 aliphatic heterocycles. The zero-order valence-electron chi connectivity index (χ0n) is 23.7. The molecule has 2 saturated heterocycles. The summed E-state index contributed by atoms with van der Waals surface area (Å²) >= 11 is 0. The second-order valence-electron chi connectivity index (χ2n) is 11.3. The molecule has 2 fully saturated rings. The molecule has 0 N–H and O–H groups in total. The van der Waals surface area contributed by atoms with Gasteiger partial charge in [-0.2, -0.15) is 0 Å². The molecule has 0 aliphatic carbocycles. The van der Waals surface area contributed by atoms with Gasteiger partial charge in [0, 0.05) is 51.3 Å². The molecule has 2 amide bonds. The van der Waals surface area contributed by atoms with Crippen molar-refractivity contribution in [3.05, 3.63) is 59.7 Å². The molecule has 3 heterocycles. The Morgan fingerprint density at radius 2 is 1.79 bits per heavy atom. The maximum Gasteiger partial charge on any atom is 0.573 e. The van der Waals surface area contributed by atoms with Crippen LogP contribution in [0.1, 0.15) is 36.8 Å². The lowest BCUT2D eigenvalue weighted by Crippen LogP contribution is -2.49. The van der Waals surface area contributed by atoms with Crippen molar-refractivity contribution in [3.8, 4) is 11.5 Å². The summed E-state index contributed by atoms with van der Waals surface area (Å²) in [5, 5.41) is 0. The summed E-state index contributed by atoms with van der Waals surface area (Å²) in [6.07, 6.45) is -1.91. The van der Waals surface area contributed by atoms with Crippen LogP contribution >= 0.6 is 0 Å². The van der Waals surface area contributed by atoms with Crippen LogP contribution in [0, 0.1) is 11.8 Å². The molecule has 2 atom stereocenters. The van der Waals surface area contributed by atoms with Crippen molar-refractivity contribution < 1.29 is 37.0 Å². The van der Waals surface area contributed by atoms with Gasteiger partial charge >= 0.3 is 6.36 Å². The number of nitrogens with zero attached hydrogens (tertiary/aromatic N) is 3. The summed E-state index contributed by atoms with van der Waals surface area (Å²) in [6.45, 7) is 4.79. The Labute approximate surface area is 244 Å². The van der Waals surface area contributed by atoms with E-state index in [-0.39, 0.29) is 42.5 Å². The molecule has 5 rings (SSSR count). The Balaban J connectivity index is 1.33. The third kappa shape index (κ3) is 8.38. The van der Waals surface area contributed by atoms with Gasteiger partial charge in [-0.1, -0.05) is 30.3 Å². The molecule has 0 spiro atoms. The lowest BCUT2D eigenvalue weighted by atomic mass is 9.80. The summed E-state index contributed by atoms with van der Waals surface area (Å²) in [7, 11) is 0. The highest BCUT2D eigenvalue weighted by Gasteiger charge is 2.35. The first-order valence-corrected chi connectivity index (χ1v) is 14.6. The minimum atomic E-state index is -4.79. The van der Waals surface area contributed by atoms with Gasteiger partial charge < -0.3 is 24.0 Å². The maximum atomic E-state index is 13.7. The fourth-order valence-electron chi connectivity index (χ4n) is 6.17. The predicted octanol–water partition coefficient (Wildman–Crippen LogP) is 4.47. The van der Waals surface area contributed by atoms with Gasteiger partial charge in [-0.25, -0.2) is 0 Å². The van der Waals surface area contributed by atoms with E-state index >= 15 is 0 Å². The van der Waals surface area contributed by atoms with Crippen molar-refractivity contribution in [1.82, 2.24) is 14.7 Å². The third-order valence-electron chi connectivity index (χ3n) is 8.29. The number of carbonyl (C=O) groups excluding carboxylic acids is 2. The van der Waals surface area contributed by atoms with Crippen molar-refractivity contribution in [2.45, 2.75) is 45.1 Å². The number of hydrogen-bond acceptors (Lipinski definition) is 6. The number of hydrogen-bond donors (Lipinski definition) is 0. The summed E-state index contributed by atoms with van der Waals surface area (Å²) < 4.78 is 54.2. The second kappa shape index (κ2) is 13.8. The van der Waals surface area contributed by atoms with Crippen LogP contribution in [0.3, 0.4) is 0 Å². The topological polar surface area (TPSA) is 71.6 Å². The minimum Gasteiger partial charge on any atom is -0.493 e. The fourth-order valence-corrected chi connectivity index (χ4v) is 6.17. The monoisotopic (exact) mass is 589 g/mol. The summed E-state index contributed by atoms with van der Waals surface area (Å²) in [5.41, 5.74) is 1.50. The number of para-hydroxylation sites is 1. The van der Waals surface area contributed by atoms with E-state index in [1.807, 2.05) is 39.0 Å². The van der Waals surface area contributed by atoms with Gasteiger partial charge in [-0.3, -0.25) is 14.5 Å². The first-order chi connectivity index (χ1) is 20.2. The molecule has 2 aromatic rings. The van der Waals surface area contributed by atoms with E-state index in [0.717, 1.165) is 30.6 Å². The van der Waals surface area contributed by atoms with Gasteiger partial charge in [0.1, 0.15) is 11.5 Å². The predicted molar refractivity (Wildman–Crippen MR) is 149 cm³/mol. The number of halogens is 3. The number of alkyl halides is 3. The number of piperidine rings is 1. The Morgan fingerprint density at radius 1 is 0.976 bits per heavy atom. The number of benzene rings is 2. The summed E-state index contributed by atoms with van der Waals surface area (Å²) in [4.78, 5) is 32.4. The van der Waals surface area contributed by atoms with Crippen molar-refractivity contribution in [2.75, 3.05) is 52.5 Å². The molecule has 0 radical (unpaired) electrons. The van der Waals surface area contributed by atoms with E-state index in [0.29, 0.717) is 64.5 Å². The van der Waals surface area contributed by atoms with E-state index in [9.17, 15) is 22.8 Å². The summed E-state index contributed by atoms with van der Waals surface area (Å²) in [5.74, 6) is 0.923. The van der Waals surface area contributed by atoms with Gasteiger partial charge in [0.2, 0.25) is 11.8 Å². The van der Waals surface area contributed by atoms with Crippen molar-refractivity contribution >= 4 is 11.8 Å². The number of ether oxygens (including phenoxy) is 3. The molecule has 2 bridgehead atoms. The molecule has 0 unspecified atom stereocenters. The van der Waals surface area contributed by atoms with Crippen molar-refractivity contribution in [3.63, 3.8) is 0 Å². The van der Waals surface area contributed by atoms with Crippen LogP contribution in [0.5, 0.6) is 11.5 Å². The van der Waals surface area contributed by atoms with E-state index in [4.69, 9.17) is 9.47 Å². The first kappa shape index (κ1) is 30.2. The molecule has 0 saturated carbocycles. The van der Waals surface area contributed by atoms with E-state index in [1.54, 1.807) is 6.07 Å². The van der Waals surface area contributed by atoms with Gasteiger partial charge in [0.25, 0.3) is 0 Å². The molecule has 2 aromatic carbocycles. The highest BCUT2D eigenvalue weighted by molar-refractivity contribution is 5.79. The highest BCUT2D eigenvalue weighted by atomic mass is 19.4. The molecule has 8 nitrogen and oxygen atoms in total. The summed E-state index contributed by atoms with van der Waals surface area (Å²) in [6, 6.07) is 13.5. The third-order valence-corrected chi connectivity index (χ3v) is 8.29. The number of amides is 2. The average Bonchev–Trinajstić information content (AvgIpc) is 2.96. The largest absolute Gasteiger partial charge is 0.573 e.